The normalized spacial score (nSPS) is 17.8. The first-order valence-electron chi connectivity index (χ1n) is 8.12. The summed E-state index contributed by atoms with van der Waals surface area (Å²) in [5.74, 6) is 0.830. The van der Waals surface area contributed by atoms with Crippen molar-refractivity contribution < 1.29 is 9.32 Å². The molecule has 122 valence electrons. The standard InChI is InChI=1S/C18H18N4O2/c23-18(16-11-17(24-21-16)13-5-2-1-3-6-13)22-10-4-7-14(12-22)15-8-9-19-20-15/h1-3,5-6,8-9,11,14H,4,7,10,12H2,(H,19,20). The largest absolute Gasteiger partial charge is 0.355 e. The van der Waals surface area contributed by atoms with Crippen molar-refractivity contribution in [2.75, 3.05) is 13.1 Å². The first-order valence-corrected chi connectivity index (χ1v) is 8.12. The number of nitrogens with zero attached hydrogens (tertiary/aromatic N) is 3. The highest BCUT2D eigenvalue weighted by molar-refractivity contribution is 5.93. The van der Waals surface area contributed by atoms with E-state index in [4.69, 9.17) is 4.52 Å². The number of carbonyl (C=O) groups is 1. The predicted molar refractivity (Wildman–Crippen MR) is 88.4 cm³/mol. The van der Waals surface area contributed by atoms with Crippen molar-refractivity contribution in [3.63, 3.8) is 0 Å². The molecule has 3 aromatic rings. The van der Waals surface area contributed by atoms with Gasteiger partial charge >= 0.3 is 0 Å². The summed E-state index contributed by atoms with van der Waals surface area (Å²) in [5.41, 5.74) is 2.36. The molecule has 0 saturated carbocycles. The number of benzene rings is 1. The van der Waals surface area contributed by atoms with E-state index in [-0.39, 0.29) is 5.91 Å². The highest BCUT2D eigenvalue weighted by atomic mass is 16.5. The van der Waals surface area contributed by atoms with Crippen molar-refractivity contribution in [3.8, 4) is 11.3 Å². The number of piperidine rings is 1. The monoisotopic (exact) mass is 322 g/mol. The fraction of sp³-hybridized carbons (Fsp3) is 0.278. The van der Waals surface area contributed by atoms with Crippen LogP contribution >= 0.6 is 0 Å². The van der Waals surface area contributed by atoms with Gasteiger partial charge in [0.15, 0.2) is 11.5 Å². The summed E-state index contributed by atoms with van der Waals surface area (Å²) in [4.78, 5) is 14.6. The van der Waals surface area contributed by atoms with E-state index in [1.807, 2.05) is 41.3 Å². The van der Waals surface area contributed by atoms with Gasteiger partial charge in [-0.15, -0.1) is 0 Å². The van der Waals surface area contributed by atoms with Gasteiger partial charge in [0.2, 0.25) is 0 Å². The highest BCUT2D eigenvalue weighted by Crippen LogP contribution is 2.27. The summed E-state index contributed by atoms with van der Waals surface area (Å²) < 4.78 is 5.35. The van der Waals surface area contributed by atoms with Crippen molar-refractivity contribution in [1.29, 1.82) is 0 Å². The second-order valence-electron chi connectivity index (χ2n) is 6.04. The average molecular weight is 322 g/mol. The molecule has 3 heterocycles. The van der Waals surface area contributed by atoms with Gasteiger partial charge in [-0.05, 0) is 18.9 Å². The van der Waals surface area contributed by atoms with Crippen LogP contribution in [0.5, 0.6) is 0 Å². The number of carbonyl (C=O) groups excluding carboxylic acids is 1. The highest BCUT2D eigenvalue weighted by Gasteiger charge is 2.28. The lowest BCUT2D eigenvalue weighted by molar-refractivity contribution is 0.0695. The Bertz CT molecular complexity index is 811. The molecular weight excluding hydrogens is 304 g/mol. The van der Waals surface area contributed by atoms with Crippen molar-refractivity contribution >= 4 is 5.91 Å². The maximum absolute atomic E-state index is 12.7. The molecule has 1 aromatic carbocycles. The van der Waals surface area contributed by atoms with Gasteiger partial charge in [0, 0.05) is 42.5 Å². The van der Waals surface area contributed by atoms with Gasteiger partial charge in [0.05, 0.1) is 0 Å². The van der Waals surface area contributed by atoms with E-state index < -0.39 is 0 Å². The van der Waals surface area contributed by atoms with E-state index in [1.54, 1.807) is 12.3 Å². The second kappa shape index (κ2) is 6.31. The topological polar surface area (TPSA) is 75.0 Å². The number of hydrogen-bond acceptors (Lipinski definition) is 4. The van der Waals surface area contributed by atoms with Crippen LogP contribution in [0.3, 0.4) is 0 Å². The third kappa shape index (κ3) is 2.82. The lowest BCUT2D eigenvalue weighted by Crippen LogP contribution is -2.39. The van der Waals surface area contributed by atoms with E-state index in [2.05, 4.69) is 15.4 Å². The number of rotatable bonds is 3. The molecule has 4 rings (SSSR count). The number of H-pyrrole nitrogens is 1. The fourth-order valence-electron chi connectivity index (χ4n) is 3.19. The van der Waals surface area contributed by atoms with Gasteiger partial charge in [-0.3, -0.25) is 9.89 Å². The van der Waals surface area contributed by atoms with Gasteiger partial charge in [0.25, 0.3) is 5.91 Å². The Morgan fingerprint density at radius 3 is 2.92 bits per heavy atom. The smallest absolute Gasteiger partial charge is 0.276 e. The van der Waals surface area contributed by atoms with E-state index in [0.29, 0.717) is 23.9 Å². The molecule has 0 bridgehead atoms. The van der Waals surface area contributed by atoms with E-state index >= 15 is 0 Å². The third-order valence-corrected chi connectivity index (χ3v) is 4.46. The number of aromatic nitrogens is 3. The zero-order valence-electron chi connectivity index (χ0n) is 13.2. The first-order chi connectivity index (χ1) is 11.8. The molecular formula is C18H18N4O2. The first kappa shape index (κ1) is 14.7. The minimum atomic E-state index is -0.0786. The third-order valence-electron chi connectivity index (χ3n) is 4.46. The maximum Gasteiger partial charge on any atom is 0.276 e. The van der Waals surface area contributed by atoms with Crippen LogP contribution in [0.2, 0.25) is 0 Å². The van der Waals surface area contributed by atoms with Crippen molar-refractivity contribution in [2.24, 2.45) is 0 Å². The molecule has 6 heteroatoms. The molecule has 24 heavy (non-hydrogen) atoms. The second-order valence-corrected chi connectivity index (χ2v) is 6.04. The summed E-state index contributed by atoms with van der Waals surface area (Å²) in [6, 6.07) is 13.4. The molecule has 0 aliphatic carbocycles. The van der Waals surface area contributed by atoms with E-state index in [1.165, 1.54) is 0 Å². The molecule has 1 N–H and O–H groups in total. The van der Waals surface area contributed by atoms with Gasteiger partial charge in [-0.25, -0.2) is 0 Å². The summed E-state index contributed by atoms with van der Waals surface area (Å²) in [6.07, 6.45) is 3.78. The quantitative estimate of drug-likeness (QED) is 0.804. The molecule has 1 aliphatic heterocycles. The molecule has 2 aromatic heterocycles. The zero-order valence-corrected chi connectivity index (χ0v) is 13.2. The maximum atomic E-state index is 12.7. The number of amides is 1. The minimum absolute atomic E-state index is 0.0786. The Kier molecular flexibility index (Phi) is 3.86. The number of aromatic amines is 1. The molecule has 1 unspecified atom stereocenters. The molecule has 1 atom stereocenters. The van der Waals surface area contributed by atoms with Gasteiger partial charge < -0.3 is 9.42 Å². The summed E-state index contributed by atoms with van der Waals surface area (Å²) >= 11 is 0. The lowest BCUT2D eigenvalue weighted by Gasteiger charge is -2.31. The van der Waals surface area contributed by atoms with Crippen LogP contribution in [0.25, 0.3) is 11.3 Å². The minimum Gasteiger partial charge on any atom is -0.355 e. The van der Waals surface area contributed by atoms with Gasteiger partial charge in [-0.2, -0.15) is 5.10 Å². The molecule has 6 nitrogen and oxygen atoms in total. The molecule has 0 radical (unpaired) electrons. The SMILES string of the molecule is O=C(c1cc(-c2ccccc2)on1)N1CCCC(c2ccn[nH]2)C1. The fourth-order valence-corrected chi connectivity index (χ4v) is 3.19. The van der Waals surface area contributed by atoms with Crippen LogP contribution in [0.15, 0.2) is 53.2 Å². The number of nitrogens with one attached hydrogen (secondary N) is 1. The van der Waals surface area contributed by atoms with Crippen LogP contribution in [-0.2, 0) is 0 Å². The molecule has 1 fully saturated rings. The molecule has 1 saturated heterocycles. The van der Waals surface area contributed by atoms with E-state index in [0.717, 1.165) is 30.6 Å². The molecule has 1 amide bonds. The number of likely N-dealkylation sites (tertiary alicyclic amines) is 1. The Morgan fingerprint density at radius 1 is 1.25 bits per heavy atom. The van der Waals surface area contributed by atoms with Crippen molar-refractivity contribution in [2.45, 2.75) is 18.8 Å². The Hall–Kier alpha value is -2.89. The number of hydrogen-bond donors (Lipinski definition) is 1. The van der Waals surface area contributed by atoms with Gasteiger partial charge in [-0.1, -0.05) is 35.5 Å². The Balaban J connectivity index is 1.50. The van der Waals surface area contributed by atoms with Crippen LogP contribution in [0.1, 0.15) is 34.9 Å². The lowest BCUT2D eigenvalue weighted by atomic mass is 9.95. The van der Waals surface area contributed by atoms with Crippen LogP contribution < -0.4 is 0 Å². The van der Waals surface area contributed by atoms with Crippen molar-refractivity contribution in [3.05, 3.63) is 60.0 Å². The van der Waals surface area contributed by atoms with Crippen LogP contribution in [0, 0.1) is 0 Å². The van der Waals surface area contributed by atoms with Crippen LogP contribution in [0.4, 0.5) is 0 Å². The zero-order chi connectivity index (χ0) is 16.4. The van der Waals surface area contributed by atoms with Crippen LogP contribution in [-0.4, -0.2) is 39.3 Å². The summed E-state index contributed by atoms with van der Waals surface area (Å²) in [7, 11) is 0. The summed E-state index contributed by atoms with van der Waals surface area (Å²) in [6.45, 7) is 1.42. The summed E-state index contributed by atoms with van der Waals surface area (Å²) in [5, 5.41) is 11.0. The molecule has 0 spiro atoms. The average Bonchev–Trinajstić information content (AvgIpc) is 3.34. The van der Waals surface area contributed by atoms with E-state index in [9.17, 15) is 4.79 Å². The Labute approximate surface area is 139 Å². The van der Waals surface area contributed by atoms with Crippen molar-refractivity contribution in [1.82, 2.24) is 20.3 Å². The van der Waals surface area contributed by atoms with Gasteiger partial charge in [0.1, 0.15) is 0 Å². The molecule has 1 aliphatic rings. The Morgan fingerprint density at radius 2 is 2.12 bits per heavy atom. The predicted octanol–water partition coefficient (Wildman–Crippen LogP) is 3.08.